The van der Waals surface area contributed by atoms with Gasteiger partial charge in [-0.2, -0.15) is 0 Å². The molecule has 0 atom stereocenters. The Morgan fingerprint density at radius 3 is 2.65 bits per heavy atom. The fourth-order valence-corrected chi connectivity index (χ4v) is 4.14. The fourth-order valence-electron chi connectivity index (χ4n) is 4.14. The molecule has 1 aromatic rings. The molecule has 0 amide bonds. The van der Waals surface area contributed by atoms with E-state index in [0.29, 0.717) is 0 Å². The van der Waals surface area contributed by atoms with Crippen LogP contribution < -0.4 is 5.32 Å². The first-order chi connectivity index (χ1) is 9.86. The molecule has 0 aliphatic heterocycles. The third-order valence-electron chi connectivity index (χ3n) is 5.30. The Morgan fingerprint density at radius 2 is 1.85 bits per heavy atom. The summed E-state index contributed by atoms with van der Waals surface area (Å²) in [7, 11) is 0. The van der Waals surface area contributed by atoms with E-state index >= 15 is 0 Å². The molecule has 1 fully saturated rings. The number of fused-ring (bicyclic) bond motifs is 1. The molecule has 0 unspecified atom stereocenters. The van der Waals surface area contributed by atoms with Gasteiger partial charge in [0.15, 0.2) is 0 Å². The van der Waals surface area contributed by atoms with Gasteiger partial charge in [0.2, 0.25) is 0 Å². The second kappa shape index (κ2) is 6.65. The summed E-state index contributed by atoms with van der Waals surface area (Å²) in [5.41, 5.74) is 4.66. The first-order valence-corrected chi connectivity index (χ1v) is 8.74. The zero-order chi connectivity index (χ0) is 13.8. The SMILES string of the molecule is CCCC1CCC(Nc2cccc3c2CCCC3)CC1. The molecule has 0 radical (unpaired) electrons. The molecule has 0 saturated heterocycles. The highest BCUT2D eigenvalue weighted by molar-refractivity contribution is 5.56. The maximum Gasteiger partial charge on any atom is 0.0377 e. The number of benzene rings is 1. The van der Waals surface area contributed by atoms with Crippen molar-refractivity contribution in [3.8, 4) is 0 Å². The summed E-state index contributed by atoms with van der Waals surface area (Å²) in [6, 6.07) is 7.60. The summed E-state index contributed by atoms with van der Waals surface area (Å²) < 4.78 is 0. The average Bonchev–Trinajstić information content (AvgIpc) is 2.50. The molecule has 1 heteroatoms. The first kappa shape index (κ1) is 14.0. The minimum atomic E-state index is 0.719. The van der Waals surface area contributed by atoms with Gasteiger partial charge in [-0.15, -0.1) is 0 Å². The Balaban J connectivity index is 1.61. The topological polar surface area (TPSA) is 12.0 Å². The van der Waals surface area contributed by atoms with Crippen molar-refractivity contribution in [3.63, 3.8) is 0 Å². The number of rotatable bonds is 4. The van der Waals surface area contributed by atoms with Crippen LogP contribution in [0.25, 0.3) is 0 Å². The quantitative estimate of drug-likeness (QED) is 0.779. The minimum absolute atomic E-state index is 0.719. The standard InChI is InChI=1S/C19H29N/c1-2-6-15-11-13-17(14-12-15)20-19-10-5-8-16-7-3-4-9-18(16)19/h5,8,10,15,17,20H,2-4,6-7,9,11-14H2,1H3. The van der Waals surface area contributed by atoms with Gasteiger partial charge in [0.1, 0.15) is 0 Å². The van der Waals surface area contributed by atoms with Crippen LogP contribution in [0.4, 0.5) is 5.69 Å². The summed E-state index contributed by atoms with van der Waals surface area (Å²) in [4.78, 5) is 0. The maximum absolute atomic E-state index is 3.87. The van der Waals surface area contributed by atoms with E-state index in [1.54, 1.807) is 11.1 Å². The lowest BCUT2D eigenvalue weighted by atomic mass is 9.83. The molecule has 0 aromatic heterocycles. The molecule has 110 valence electrons. The Labute approximate surface area is 124 Å². The molecule has 0 spiro atoms. The second-order valence-electron chi connectivity index (χ2n) is 6.80. The van der Waals surface area contributed by atoms with E-state index in [1.165, 1.54) is 69.9 Å². The summed E-state index contributed by atoms with van der Waals surface area (Å²) in [6.07, 6.45) is 13.7. The third kappa shape index (κ3) is 3.19. The second-order valence-corrected chi connectivity index (χ2v) is 6.80. The Bertz CT molecular complexity index is 429. The molecule has 1 aromatic carbocycles. The summed E-state index contributed by atoms with van der Waals surface area (Å²) in [6.45, 7) is 2.32. The predicted molar refractivity (Wildman–Crippen MR) is 87.4 cm³/mol. The Morgan fingerprint density at radius 1 is 1.05 bits per heavy atom. The van der Waals surface area contributed by atoms with Crippen molar-refractivity contribution < 1.29 is 0 Å². The van der Waals surface area contributed by atoms with E-state index in [9.17, 15) is 0 Å². The van der Waals surface area contributed by atoms with Crippen molar-refractivity contribution in [2.24, 2.45) is 5.92 Å². The Hall–Kier alpha value is -0.980. The van der Waals surface area contributed by atoms with Gasteiger partial charge in [-0.3, -0.25) is 0 Å². The lowest BCUT2D eigenvalue weighted by Gasteiger charge is -2.31. The van der Waals surface area contributed by atoms with Crippen LogP contribution in [0.15, 0.2) is 18.2 Å². The molecule has 1 nitrogen and oxygen atoms in total. The Kier molecular flexibility index (Phi) is 4.65. The maximum atomic E-state index is 3.87. The first-order valence-electron chi connectivity index (χ1n) is 8.74. The predicted octanol–water partition coefficient (Wildman–Crippen LogP) is 5.34. The van der Waals surface area contributed by atoms with Crippen molar-refractivity contribution in [2.45, 2.75) is 77.2 Å². The van der Waals surface area contributed by atoms with Crippen molar-refractivity contribution >= 4 is 5.69 Å². The highest BCUT2D eigenvalue weighted by Crippen LogP contribution is 2.32. The van der Waals surface area contributed by atoms with E-state index in [4.69, 9.17) is 0 Å². The number of hydrogen-bond donors (Lipinski definition) is 1. The summed E-state index contributed by atoms with van der Waals surface area (Å²) >= 11 is 0. The van der Waals surface area contributed by atoms with Crippen molar-refractivity contribution in [2.75, 3.05) is 5.32 Å². The van der Waals surface area contributed by atoms with E-state index in [0.717, 1.165) is 12.0 Å². The van der Waals surface area contributed by atoms with Gasteiger partial charge in [-0.05, 0) is 74.5 Å². The van der Waals surface area contributed by atoms with Crippen LogP contribution in [0.1, 0.15) is 69.4 Å². The number of nitrogens with one attached hydrogen (secondary N) is 1. The molecule has 0 bridgehead atoms. The number of aryl methyl sites for hydroxylation is 1. The molecule has 1 saturated carbocycles. The molecular formula is C19H29N. The minimum Gasteiger partial charge on any atom is -0.382 e. The van der Waals surface area contributed by atoms with Gasteiger partial charge in [0.25, 0.3) is 0 Å². The lowest BCUT2D eigenvalue weighted by Crippen LogP contribution is -2.27. The number of anilines is 1. The fraction of sp³-hybridized carbons (Fsp3) is 0.684. The van der Waals surface area contributed by atoms with Crippen molar-refractivity contribution in [3.05, 3.63) is 29.3 Å². The van der Waals surface area contributed by atoms with Gasteiger partial charge in [-0.25, -0.2) is 0 Å². The van der Waals surface area contributed by atoms with Gasteiger partial charge in [-0.1, -0.05) is 31.9 Å². The molecule has 20 heavy (non-hydrogen) atoms. The molecule has 0 heterocycles. The van der Waals surface area contributed by atoms with E-state index < -0.39 is 0 Å². The zero-order valence-electron chi connectivity index (χ0n) is 13.0. The normalized spacial score (nSPS) is 26.1. The molecule has 3 rings (SSSR count). The molecular weight excluding hydrogens is 242 g/mol. The summed E-state index contributed by atoms with van der Waals surface area (Å²) in [5, 5.41) is 3.87. The highest BCUT2D eigenvalue weighted by atomic mass is 14.9. The smallest absolute Gasteiger partial charge is 0.0377 e. The van der Waals surface area contributed by atoms with Gasteiger partial charge < -0.3 is 5.32 Å². The van der Waals surface area contributed by atoms with E-state index in [2.05, 4.69) is 30.4 Å². The van der Waals surface area contributed by atoms with Gasteiger partial charge >= 0.3 is 0 Å². The monoisotopic (exact) mass is 271 g/mol. The zero-order valence-corrected chi connectivity index (χ0v) is 13.0. The molecule has 2 aliphatic rings. The van der Waals surface area contributed by atoms with Crippen LogP contribution >= 0.6 is 0 Å². The molecule has 2 aliphatic carbocycles. The van der Waals surface area contributed by atoms with E-state index in [1.807, 2.05) is 0 Å². The third-order valence-corrected chi connectivity index (χ3v) is 5.30. The van der Waals surface area contributed by atoms with Crippen molar-refractivity contribution in [1.82, 2.24) is 0 Å². The van der Waals surface area contributed by atoms with Crippen molar-refractivity contribution in [1.29, 1.82) is 0 Å². The average molecular weight is 271 g/mol. The van der Waals surface area contributed by atoms with Crippen LogP contribution in [0.3, 0.4) is 0 Å². The van der Waals surface area contributed by atoms with Crippen LogP contribution in [-0.4, -0.2) is 6.04 Å². The van der Waals surface area contributed by atoms with Crippen LogP contribution in [0.2, 0.25) is 0 Å². The largest absolute Gasteiger partial charge is 0.382 e. The van der Waals surface area contributed by atoms with Crippen LogP contribution in [0.5, 0.6) is 0 Å². The lowest BCUT2D eigenvalue weighted by molar-refractivity contribution is 0.319. The highest BCUT2D eigenvalue weighted by Gasteiger charge is 2.21. The summed E-state index contributed by atoms with van der Waals surface area (Å²) in [5.74, 6) is 1.00. The van der Waals surface area contributed by atoms with Gasteiger partial charge in [0.05, 0.1) is 0 Å². The van der Waals surface area contributed by atoms with Crippen LogP contribution in [0, 0.1) is 5.92 Å². The number of hydrogen-bond acceptors (Lipinski definition) is 1. The molecule has 1 N–H and O–H groups in total. The van der Waals surface area contributed by atoms with E-state index in [-0.39, 0.29) is 0 Å². The van der Waals surface area contributed by atoms with Gasteiger partial charge in [0, 0.05) is 11.7 Å². The van der Waals surface area contributed by atoms with Crippen LogP contribution in [-0.2, 0) is 12.8 Å².